The SMILES string of the molecule is CCCN(CC(=O)O)CC(=O)Nc1c(Cl)cc(Cl)cc1Cl.Cl. The highest BCUT2D eigenvalue weighted by atomic mass is 35.5. The first-order chi connectivity index (χ1) is 9.83. The molecule has 1 amide bonds. The molecule has 0 bridgehead atoms. The minimum Gasteiger partial charge on any atom is -0.480 e. The number of carboxylic acids is 1. The lowest BCUT2D eigenvalue weighted by Crippen LogP contribution is -2.37. The van der Waals surface area contributed by atoms with Crippen molar-refractivity contribution >= 4 is 64.8 Å². The van der Waals surface area contributed by atoms with E-state index < -0.39 is 11.9 Å². The Kier molecular flexibility index (Phi) is 9.80. The van der Waals surface area contributed by atoms with E-state index in [9.17, 15) is 9.59 Å². The molecule has 0 atom stereocenters. The van der Waals surface area contributed by atoms with Crippen molar-refractivity contribution < 1.29 is 14.7 Å². The van der Waals surface area contributed by atoms with Crippen molar-refractivity contribution in [3.05, 3.63) is 27.2 Å². The van der Waals surface area contributed by atoms with Crippen LogP contribution in [0.5, 0.6) is 0 Å². The van der Waals surface area contributed by atoms with Gasteiger partial charge in [0.15, 0.2) is 0 Å². The van der Waals surface area contributed by atoms with Crippen LogP contribution in [0, 0.1) is 0 Å². The topological polar surface area (TPSA) is 69.6 Å². The zero-order valence-corrected chi connectivity index (χ0v) is 14.8. The van der Waals surface area contributed by atoms with Gasteiger partial charge in [-0.15, -0.1) is 12.4 Å². The first-order valence-electron chi connectivity index (χ1n) is 6.22. The van der Waals surface area contributed by atoms with Crippen molar-refractivity contribution in [2.24, 2.45) is 0 Å². The maximum absolute atomic E-state index is 12.0. The molecule has 22 heavy (non-hydrogen) atoms. The van der Waals surface area contributed by atoms with E-state index >= 15 is 0 Å². The van der Waals surface area contributed by atoms with Crippen molar-refractivity contribution in [2.75, 3.05) is 25.0 Å². The molecule has 0 aliphatic rings. The molecule has 0 fully saturated rings. The van der Waals surface area contributed by atoms with Gasteiger partial charge in [0.25, 0.3) is 0 Å². The fourth-order valence-corrected chi connectivity index (χ4v) is 2.68. The normalized spacial score (nSPS) is 10.2. The maximum Gasteiger partial charge on any atom is 0.317 e. The summed E-state index contributed by atoms with van der Waals surface area (Å²) in [7, 11) is 0. The second kappa shape index (κ2) is 10.1. The van der Waals surface area contributed by atoms with Gasteiger partial charge in [0.05, 0.1) is 28.8 Å². The molecule has 0 unspecified atom stereocenters. The van der Waals surface area contributed by atoms with Gasteiger partial charge in [-0.2, -0.15) is 0 Å². The number of nitrogens with zero attached hydrogens (tertiary/aromatic N) is 1. The number of carbonyl (C=O) groups is 2. The lowest BCUT2D eigenvalue weighted by molar-refractivity contribution is -0.138. The number of hydrogen-bond acceptors (Lipinski definition) is 3. The molecule has 1 rings (SSSR count). The summed E-state index contributed by atoms with van der Waals surface area (Å²) in [5, 5.41) is 12.2. The van der Waals surface area contributed by atoms with E-state index in [2.05, 4.69) is 5.32 Å². The number of aliphatic carboxylic acids is 1. The van der Waals surface area contributed by atoms with Gasteiger partial charge in [-0.25, -0.2) is 0 Å². The van der Waals surface area contributed by atoms with E-state index in [0.29, 0.717) is 11.6 Å². The smallest absolute Gasteiger partial charge is 0.317 e. The van der Waals surface area contributed by atoms with Crippen molar-refractivity contribution in [1.29, 1.82) is 0 Å². The first-order valence-corrected chi connectivity index (χ1v) is 7.35. The van der Waals surface area contributed by atoms with E-state index in [-0.39, 0.29) is 41.2 Å². The maximum atomic E-state index is 12.0. The Labute approximate surface area is 149 Å². The Bertz CT molecular complexity index is 517. The van der Waals surface area contributed by atoms with Crippen LogP contribution < -0.4 is 5.32 Å². The van der Waals surface area contributed by atoms with Crippen LogP contribution in [0.4, 0.5) is 5.69 Å². The van der Waals surface area contributed by atoms with Crippen molar-refractivity contribution in [3.63, 3.8) is 0 Å². The van der Waals surface area contributed by atoms with Crippen LogP contribution in [0.15, 0.2) is 12.1 Å². The molecule has 0 aliphatic heterocycles. The lowest BCUT2D eigenvalue weighted by Gasteiger charge is -2.19. The standard InChI is InChI=1S/C13H15Cl3N2O3.ClH/c1-2-3-18(7-12(20)21)6-11(19)17-13-9(15)4-8(14)5-10(13)16;/h4-5H,2-3,6-7H2,1H3,(H,17,19)(H,20,21);1H. The Morgan fingerprint density at radius 1 is 1.18 bits per heavy atom. The molecule has 9 heteroatoms. The molecule has 124 valence electrons. The summed E-state index contributed by atoms with van der Waals surface area (Å²) in [6.45, 7) is 2.14. The number of hydrogen-bond donors (Lipinski definition) is 2. The van der Waals surface area contributed by atoms with Crippen LogP contribution in [0.3, 0.4) is 0 Å². The summed E-state index contributed by atoms with van der Waals surface area (Å²) in [4.78, 5) is 24.2. The number of amides is 1. The molecule has 2 N–H and O–H groups in total. The molecule has 0 saturated carbocycles. The molecule has 1 aromatic carbocycles. The molecular weight excluding hydrogens is 374 g/mol. The van der Waals surface area contributed by atoms with E-state index in [4.69, 9.17) is 39.9 Å². The summed E-state index contributed by atoms with van der Waals surface area (Å²) in [6.07, 6.45) is 0.739. The van der Waals surface area contributed by atoms with E-state index in [0.717, 1.165) is 6.42 Å². The Balaban J connectivity index is 0.00000441. The number of halogens is 4. The largest absolute Gasteiger partial charge is 0.480 e. The highest BCUT2D eigenvalue weighted by molar-refractivity contribution is 6.42. The van der Waals surface area contributed by atoms with Crippen molar-refractivity contribution in [3.8, 4) is 0 Å². The summed E-state index contributed by atoms with van der Waals surface area (Å²) in [6, 6.07) is 2.93. The van der Waals surface area contributed by atoms with E-state index in [1.165, 1.54) is 17.0 Å². The highest BCUT2D eigenvalue weighted by Crippen LogP contribution is 2.33. The van der Waals surface area contributed by atoms with Gasteiger partial charge in [-0.1, -0.05) is 41.7 Å². The zero-order chi connectivity index (χ0) is 16.0. The van der Waals surface area contributed by atoms with Gasteiger partial charge in [0.1, 0.15) is 0 Å². The van der Waals surface area contributed by atoms with Gasteiger partial charge in [-0.3, -0.25) is 14.5 Å². The molecule has 0 radical (unpaired) electrons. The monoisotopic (exact) mass is 388 g/mol. The lowest BCUT2D eigenvalue weighted by atomic mass is 10.3. The molecule has 1 aromatic rings. The van der Waals surface area contributed by atoms with Gasteiger partial charge in [0.2, 0.25) is 5.91 Å². The molecule has 0 saturated heterocycles. The third kappa shape index (κ3) is 7.03. The van der Waals surface area contributed by atoms with E-state index in [1.807, 2.05) is 6.92 Å². The first kappa shape index (κ1) is 21.3. The average Bonchev–Trinajstić information content (AvgIpc) is 2.33. The van der Waals surface area contributed by atoms with Crippen LogP contribution in [-0.4, -0.2) is 41.5 Å². The van der Waals surface area contributed by atoms with Crippen LogP contribution in [0.25, 0.3) is 0 Å². The van der Waals surface area contributed by atoms with Gasteiger partial charge in [-0.05, 0) is 25.1 Å². The molecular formula is C13H16Cl4N2O3. The molecule has 0 spiro atoms. The second-order valence-corrected chi connectivity index (χ2v) is 5.65. The summed E-state index contributed by atoms with van der Waals surface area (Å²) >= 11 is 17.7. The molecule has 0 aromatic heterocycles. The van der Waals surface area contributed by atoms with Crippen LogP contribution in [-0.2, 0) is 9.59 Å². The number of benzene rings is 1. The van der Waals surface area contributed by atoms with Gasteiger partial charge >= 0.3 is 5.97 Å². The van der Waals surface area contributed by atoms with E-state index in [1.54, 1.807) is 0 Å². The van der Waals surface area contributed by atoms with Crippen LogP contribution in [0.1, 0.15) is 13.3 Å². The highest BCUT2D eigenvalue weighted by Gasteiger charge is 2.16. The predicted octanol–water partition coefficient (Wildman–Crippen LogP) is 3.80. The number of rotatable bonds is 7. The summed E-state index contributed by atoms with van der Waals surface area (Å²) in [5.74, 6) is -1.38. The van der Waals surface area contributed by atoms with Crippen LogP contribution in [0.2, 0.25) is 15.1 Å². The molecule has 0 heterocycles. The quantitative estimate of drug-likeness (QED) is 0.743. The Morgan fingerprint density at radius 3 is 2.18 bits per heavy atom. The second-order valence-electron chi connectivity index (χ2n) is 4.40. The minimum atomic E-state index is -0.987. The average molecular weight is 390 g/mol. The number of nitrogens with one attached hydrogen (secondary N) is 1. The fraction of sp³-hybridized carbons (Fsp3) is 0.385. The third-order valence-corrected chi connectivity index (χ3v) is 3.35. The van der Waals surface area contributed by atoms with Crippen LogP contribution >= 0.6 is 47.2 Å². The number of carboxylic acid groups (broad SMARTS) is 1. The summed E-state index contributed by atoms with van der Waals surface area (Å²) < 4.78 is 0. The van der Waals surface area contributed by atoms with Crippen molar-refractivity contribution in [1.82, 2.24) is 4.90 Å². The number of anilines is 1. The summed E-state index contributed by atoms with van der Waals surface area (Å²) in [5.41, 5.74) is 0.263. The Morgan fingerprint density at radius 2 is 1.73 bits per heavy atom. The predicted molar refractivity (Wildman–Crippen MR) is 91.7 cm³/mol. The Hall–Kier alpha value is -0.720. The number of carbonyl (C=O) groups excluding carboxylic acids is 1. The zero-order valence-electron chi connectivity index (χ0n) is 11.7. The molecule has 0 aliphatic carbocycles. The van der Waals surface area contributed by atoms with Gasteiger partial charge in [0, 0.05) is 5.02 Å². The molecule has 5 nitrogen and oxygen atoms in total. The van der Waals surface area contributed by atoms with Crippen molar-refractivity contribution in [2.45, 2.75) is 13.3 Å². The fourth-order valence-electron chi connectivity index (χ4n) is 1.77. The third-order valence-electron chi connectivity index (χ3n) is 2.54. The van der Waals surface area contributed by atoms with Gasteiger partial charge < -0.3 is 10.4 Å². The minimum absolute atomic E-state index is 0.